The Kier molecular flexibility index (Phi) is 9.93. The van der Waals surface area contributed by atoms with Gasteiger partial charge in [-0.2, -0.15) is 0 Å². The molecule has 0 saturated carbocycles. The summed E-state index contributed by atoms with van der Waals surface area (Å²) in [5.74, 6) is -0.757. The van der Waals surface area contributed by atoms with Crippen molar-refractivity contribution in [3.63, 3.8) is 0 Å². The molecule has 1 aliphatic heterocycles. The van der Waals surface area contributed by atoms with Crippen molar-refractivity contribution in [1.29, 1.82) is 0 Å². The summed E-state index contributed by atoms with van der Waals surface area (Å²) in [6, 6.07) is 27.9. The van der Waals surface area contributed by atoms with Gasteiger partial charge in [-0.3, -0.25) is 14.2 Å². The number of carbonyl (C=O) groups excluding carboxylic acids is 2. The normalized spacial score (nSPS) is 20.0. The molecule has 0 radical (unpaired) electrons. The van der Waals surface area contributed by atoms with Crippen LogP contribution in [0.25, 0.3) is 11.2 Å². The van der Waals surface area contributed by atoms with Crippen molar-refractivity contribution in [3.05, 3.63) is 120 Å². The molecule has 1 aliphatic rings. The Labute approximate surface area is 271 Å². The van der Waals surface area contributed by atoms with Gasteiger partial charge in [0.2, 0.25) is 0 Å². The van der Waals surface area contributed by atoms with E-state index < -0.39 is 30.0 Å². The van der Waals surface area contributed by atoms with E-state index >= 15 is 0 Å². The molecule has 1 saturated heterocycles. The third kappa shape index (κ3) is 7.21. The van der Waals surface area contributed by atoms with Gasteiger partial charge in [-0.05, 0) is 23.3 Å². The highest BCUT2D eigenvalue weighted by atomic mass is 16.6. The van der Waals surface area contributed by atoms with Crippen LogP contribution in [0.15, 0.2) is 104 Å². The van der Waals surface area contributed by atoms with E-state index in [2.05, 4.69) is 20.3 Å². The van der Waals surface area contributed by atoms with Crippen LogP contribution in [0.1, 0.15) is 41.1 Å². The minimum atomic E-state index is -1.45. The Balaban J connectivity index is 1.33. The van der Waals surface area contributed by atoms with Gasteiger partial charge < -0.3 is 29.4 Å². The lowest BCUT2D eigenvalue weighted by atomic mass is 9.83. The average Bonchev–Trinajstić information content (AvgIpc) is 3.54. The smallest absolute Gasteiger partial charge is 0.303 e. The van der Waals surface area contributed by atoms with Gasteiger partial charge in [0.25, 0.3) is 5.91 Å². The summed E-state index contributed by atoms with van der Waals surface area (Å²) in [4.78, 5) is 38.7. The molecule has 1 amide bonds. The van der Waals surface area contributed by atoms with E-state index in [1.165, 1.54) is 19.6 Å². The van der Waals surface area contributed by atoms with Crippen LogP contribution in [-0.2, 0) is 37.0 Å². The summed E-state index contributed by atoms with van der Waals surface area (Å²) in [7, 11) is 0. The lowest BCUT2D eigenvalue weighted by molar-refractivity contribution is -0.278. The quantitative estimate of drug-likeness (QED) is 0.188. The SMILES string of the molecule is CC(=O)O[C@H]1[C@H](n2cnc3c(NC(=O)c4ccccc4)ncnc32)OCC[C@@]1(OCc1ccccc1)[C@H](O)COCc1ccccc1. The van der Waals surface area contributed by atoms with E-state index in [1.807, 2.05) is 66.7 Å². The summed E-state index contributed by atoms with van der Waals surface area (Å²) in [5, 5.41) is 14.6. The Morgan fingerprint density at radius 1 is 0.957 bits per heavy atom. The molecular weight excluding hydrogens is 602 g/mol. The van der Waals surface area contributed by atoms with Gasteiger partial charge in [-0.1, -0.05) is 78.9 Å². The predicted octanol–water partition coefficient (Wildman–Crippen LogP) is 4.46. The van der Waals surface area contributed by atoms with Gasteiger partial charge in [0.1, 0.15) is 18.0 Å². The van der Waals surface area contributed by atoms with Crippen molar-refractivity contribution >= 4 is 28.9 Å². The van der Waals surface area contributed by atoms with E-state index in [-0.39, 0.29) is 44.6 Å². The highest BCUT2D eigenvalue weighted by molar-refractivity contribution is 6.06. The van der Waals surface area contributed by atoms with E-state index in [4.69, 9.17) is 18.9 Å². The number of aliphatic hydroxyl groups is 1. The molecule has 47 heavy (non-hydrogen) atoms. The topological polar surface area (TPSA) is 147 Å². The van der Waals surface area contributed by atoms with E-state index in [9.17, 15) is 14.7 Å². The fraction of sp³-hybridized carbons (Fsp3) is 0.286. The summed E-state index contributed by atoms with van der Waals surface area (Å²) < 4.78 is 26.3. The number of anilines is 1. The maximum absolute atomic E-state index is 12.9. The second-order valence-electron chi connectivity index (χ2n) is 11.2. The third-order valence-electron chi connectivity index (χ3n) is 8.02. The van der Waals surface area contributed by atoms with Crippen LogP contribution < -0.4 is 5.32 Å². The average molecular weight is 638 g/mol. The van der Waals surface area contributed by atoms with E-state index in [0.29, 0.717) is 16.7 Å². The number of hydrogen-bond acceptors (Lipinski definition) is 10. The van der Waals surface area contributed by atoms with Crippen molar-refractivity contribution in [2.24, 2.45) is 0 Å². The molecule has 1 fully saturated rings. The molecule has 3 aromatic carbocycles. The Bertz CT molecular complexity index is 1790. The fourth-order valence-corrected chi connectivity index (χ4v) is 5.67. The third-order valence-corrected chi connectivity index (χ3v) is 8.02. The van der Waals surface area contributed by atoms with Crippen molar-refractivity contribution in [2.45, 2.75) is 50.6 Å². The fourth-order valence-electron chi connectivity index (χ4n) is 5.67. The maximum atomic E-state index is 12.9. The zero-order valence-corrected chi connectivity index (χ0v) is 25.8. The zero-order valence-electron chi connectivity index (χ0n) is 25.8. The van der Waals surface area contributed by atoms with Gasteiger partial charge >= 0.3 is 5.97 Å². The molecule has 0 spiro atoms. The number of nitrogens with one attached hydrogen (secondary N) is 1. The lowest BCUT2D eigenvalue weighted by Crippen LogP contribution is -2.63. The number of fused-ring (bicyclic) bond motifs is 1. The van der Waals surface area contributed by atoms with E-state index in [1.54, 1.807) is 28.8 Å². The largest absolute Gasteiger partial charge is 0.454 e. The minimum Gasteiger partial charge on any atom is -0.454 e. The number of ether oxygens (including phenoxy) is 4. The molecule has 242 valence electrons. The summed E-state index contributed by atoms with van der Waals surface area (Å²) in [6.45, 7) is 1.73. The molecule has 12 nitrogen and oxygen atoms in total. The van der Waals surface area contributed by atoms with Gasteiger partial charge in [-0.15, -0.1) is 0 Å². The highest BCUT2D eigenvalue weighted by Gasteiger charge is 2.55. The predicted molar refractivity (Wildman–Crippen MR) is 171 cm³/mol. The molecule has 6 rings (SSSR count). The van der Waals surface area contributed by atoms with Crippen LogP contribution in [0.2, 0.25) is 0 Å². The lowest BCUT2D eigenvalue weighted by Gasteiger charge is -2.48. The first-order chi connectivity index (χ1) is 22.9. The van der Waals surface area contributed by atoms with Crippen LogP contribution >= 0.6 is 0 Å². The Morgan fingerprint density at radius 3 is 2.30 bits per heavy atom. The van der Waals surface area contributed by atoms with Crippen LogP contribution in [-0.4, -0.2) is 67.5 Å². The minimum absolute atomic E-state index is 0.101. The molecule has 0 unspecified atom stereocenters. The molecule has 0 aliphatic carbocycles. The second-order valence-corrected chi connectivity index (χ2v) is 11.2. The molecular formula is C35H35N5O7. The first-order valence-electron chi connectivity index (χ1n) is 15.2. The monoisotopic (exact) mass is 637 g/mol. The van der Waals surface area contributed by atoms with Gasteiger partial charge in [-0.25, -0.2) is 15.0 Å². The molecule has 2 N–H and O–H groups in total. The first-order valence-corrected chi connectivity index (χ1v) is 15.2. The van der Waals surface area contributed by atoms with Gasteiger partial charge in [0.05, 0.1) is 32.8 Å². The molecule has 12 heteroatoms. The number of hydrogen-bond donors (Lipinski definition) is 2. The second kappa shape index (κ2) is 14.6. The first kappa shape index (κ1) is 32.0. The zero-order chi connectivity index (χ0) is 32.6. The Morgan fingerprint density at radius 2 is 1.62 bits per heavy atom. The number of amides is 1. The number of benzene rings is 3. The highest BCUT2D eigenvalue weighted by Crippen LogP contribution is 2.41. The van der Waals surface area contributed by atoms with Crippen molar-refractivity contribution in [2.75, 3.05) is 18.5 Å². The number of nitrogens with zero attached hydrogens (tertiary/aromatic N) is 4. The van der Waals surface area contributed by atoms with Crippen molar-refractivity contribution in [1.82, 2.24) is 19.5 Å². The van der Waals surface area contributed by atoms with Crippen molar-refractivity contribution in [3.8, 4) is 0 Å². The van der Waals surface area contributed by atoms with Crippen LogP contribution in [0, 0.1) is 0 Å². The molecule has 4 atom stereocenters. The summed E-state index contributed by atoms with van der Waals surface area (Å²) in [5.41, 5.74) is 1.44. The molecule has 2 aromatic heterocycles. The van der Waals surface area contributed by atoms with Gasteiger partial charge in [0.15, 0.2) is 29.3 Å². The molecule has 0 bridgehead atoms. The maximum Gasteiger partial charge on any atom is 0.303 e. The van der Waals surface area contributed by atoms with Crippen LogP contribution in [0.5, 0.6) is 0 Å². The van der Waals surface area contributed by atoms with Crippen molar-refractivity contribution < 1.29 is 33.6 Å². The van der Waals surface area contributed by atoms with Crippen LogP contribution in [0.4, 0.5) is 5.82 Å². The van der Waals surface area contributed by atoms with E-state index in [0.717, 1.165) is 11.1 Å². The number of rotatable bonds is 12. The number of carbonyl (C=O) groups is 2. The molecule has 5 aromatic rings. The number of aromatic nitrogens is 4. The number of aliphatic hydroxyl groups excluding tert-OH is 1. The van der Waals surface area contributed by atoms with Gasteiger partial charge in [0, 0.05) is 18.9 Å². The Hall–Kier alpha value is -5.01. The molecule has 3 heterocycles. The van der Waals surface area contributed by atoms with Crippen LogP contribution in [0.3, 0.4) is 0 Å². The summed E-state index contributed by atoms with van der Waals surface area (Å²) in [6.07, 6.45) is -0.409. The standard InChI is InChI=1S/C35H35N5O7/c1-24(41)47-30-34(40-23-38-29-31(36-22-37-32(29)40)39-33(43)27-15-9-4-10-16-27)45-18-17-35(30,46-20-26-13-7-3-8-14-26)28(42)21-44-19-25-11-5-2-6-12-25/h2-16,22-23,28,30,34,42H,17-21H2,1H3,(H,36,37,39,43)/t28-,30+,34-,35-/m1/s1. The summed E-state index contributed by atoms with van der Waals surface area (Å²) >= 11 is 0. The number of imidazole rings is 1. The number of esters is 1.